The molecule has 1 aromatic heterocycles. The SMILES string of the molecule is COc1cc(CO)ccc1-c1cn(C)cn1. The van der Waals surface area contributed by atoms with Gasteiger partial charge >= 0.3 is 0 Å². The number of aromatic nitrogens is 2. The predicted molar refractivity (Wildman–Crippen MR) is 61.1 cm³/mol. The lowest BCUT2D eigenvalue weighted by Crippen LogP contribution is -1.91. The van der Waals surface area contributed by atoms with E-state index in [1.165, 1.54) is 0 Å². The van der Waals surface area contributed by atoms with Crippen molar-refractivity contribution in [2.75, 3.05) is 7.11 Å². The Balaban J connectivity index is 2.48. The van der Waals surface area contributed by atoms with Crippen LogP contribution in [0.4, 0.5) is 0 Å². The fourth-order valence-electron chi connectivity index (χ4n) is 1.60. The zero-order valence-corrected chi connectivity index (χ0v) is 9.34. The smallest absolute Gasteiger partial charge is 0.128 e. The van der Waals surface area contributed by atoms with Crippen LogP contribution in [0.5, 0.6) is 5.75 Å². The average Bonchev–Trinajstić information content (AvgIpc) is 2.74. The summed E-state index contributed by atoms with van der Waals surface area (Å²) in [5, 5.41) is 9.05. The highest BCUT2D eigenvalue weighted by Crippen LogP contribution is 2.29. The summed E-state index contributed by atoms with van der Waals surface area (Å²) in [6.45, 7) is 0.0128. The van der Waals surface area contributed by atoms with Gasteiger partial charge in [0.1, 0.15) is 5.75 Å². The van der Waals surface area contributed by atoms with Gasteiger partial charge in [-0.25, -0.2) is 4.98 Å². The molecule has 0 saturated carbocycles. The Morgan fingerprint density at radius 2 is 2.25 bits per heavy atom. The van der Waals surface area contributed by atoms with Crippen LogP contribution in [0.25, 0.3) is 11.3 Å². The topological polar surface area (TPSA) is 47.3 Å². The highest BCUT2D eigenvalue weighted by molar-refractivity contribution is 5.67. The van der Waals surface area contributed by atoms with Crippen molar-refractivity contribution in [3.8, 4) is 17.0 Å². The van der Waals surface area contributed by atoms with E-state index in [0.29, 0.717) is 0 Å². The predicted octanol–water partition coefficient (Wildman–Crippen LogP) is 1.59. The molecule has 0 radical (unpaired) electrons. The molecule has 0 spiro atoms. The molecule has 2 rings (SSSR count). The highest BCUT2D eigenvalue weighted by Gasteiger charge is 2.08. The monoisotopic (exact) mass is 218 g/mol. The maximum absolute atomic E-state index is 9.05. The normalized spacial score (nSPS) is 10.4. The molecule has 0 fully saturated rings. The maximum atomic E-state index is 9.05. The molecule has 0 atom stereocenters. The van der Waals surface area contributed by atoms with Crippen molar-refractivity contribution >= 4 is 0 Å². The minimum atomic E-state index is 0.0128. The largest absolute Gasteiger partial charge is 0.496 e. The molecule has 1 heterocycles. The Hall–Kier alpha value is -1.81. The third-order valence-electron chi connectivity index (χ3n) is 2.43. The van der Waals surface area contributed by atoms with Crippen LogP contribution in [-0.4, -0.2) is 21.8 Å². The first-order valence-corrected chi connectivity index (χ1v) is 5.00. The molecule has 0 aliphatic rings. The number of methoxy groups -OCH3 is 1. The lowest BCUT2D eigenvalue weighted by atomic mass is 10.1. The Morgan fingerprint density at radius 3 is 2.81 bits per heavy atom. The van der Waals surface area contributed by atoms with Crippen molar-refractivity contribution in [3.05, 3.63) is 36.3 Å². The second kappa shape index (κ2) is 4.37. The molecule has 0 unspecified atom stereocenters. The van der Waals surface area contributed by atoms with E-state index < -0.39 is 0 Å². The molecule has 84 valence electrons. The van der Waals surface area contributed by atoms with Gasteiger partial charge in [-0.15, -0.1) is 0 Å². The first kappa shape index (κ1) is 10.7. The average molecular weight is 218 g/mol. The molecule has 2 aromatic rings. The van der Waals surface area contributed by atoms with Crippen LogP contribution in [0.15, 0.2) is 30.7 Å². The molecule has 4 heteroatoms. The first-order chi connectivity index (χ1) is 7.74. The summed E-state index contributed by atoms with van der Waals surface area (Å²) in [6, 6.07) is 5.60. The van der Waals surface area contributed by atoms with E-state index in [4.69, 9.17) is 9.84 Å². The van der Waals surface area contributed by atoms with Crippen LogP contribution in [0.3, 0.4) is 0 Å². The van der Waals surface area contributed by atoms with Gasteiger partial charge in [0.05, 0.1) is 25.7 Å². The molecular formula is C12H14N2O2. The second-order valence-corrected chi connectivity index (χ2v) is 3.62. The Labute approximate surface area is 94.1 Å². The summed E-state index contributed by atoms with van der Waals surface area (Å²) >= 11 is 0. The van der Waals surface area contributed by atoms with Gasteiger partial charge in [0.15, 0.2) is 0 Å². The van der Waals surface area contributed by atoms with E-state index in [0.717, 1.165) is 22.6 Å². The Morgan fingerprint density at radius 1 is 1.44 bits per heavy atom. The van der Waals surface area contributed by atoms with Gasteiger partial charge in [-0.1, -0.05) is 6.07 Å². The zero-order valence-electron chi connectivity index (χ0n) is 9.34. The van der Waals surface area contributed by atoms with Crippen LogP contribution < -0.4 is 4.74 Å². The van der Waals surface area contributed by atoms with Gasteiger partial charge < -0.3 is 14.4 Å². The van der Waals surface area contributed by atoms with E-state index in [1.54, 1.807) is 13.4 Å². The van der Waals surface area contributed by atoms with E-state index >= 15 is 0 Å². The molecule has 0 saturated heterocycles. The molecule has 0 bridgehead atoms. The quantitative estimate of drug-likeness (QED) is 0.851. The number of aliphatic hydroxyl groups excluding tert-OH is 1. The van der Waals surface area contributed by atoms with Crippen LogP contribution in [-0.2, 0) is 13.7 Å². The van der Waals surface area contributed by atoms with Crippen molar-refractivity contribution in [1.29, 1.82) is 0 Å². The molecule has 1 N–H and O–H groups in total. The molecule has 0 aliphatic heterocycles. The molecule has 0 amide bonds. The Kier molecular flexibility index (Phi) is 2.92. The fraction of sp³-hybridized carbons (Fsp3) is 0.250. The number of nitrogens with zero attached hydrogens (tertiary/aromatic N) is 2. The van der Waals surface area contributed by atoms with Gasteiger partial charge in [-0.05, 0) is 17.7 Å². The van der Waals surface area contributed by atoms with Gasteiger partial charge in [0.2, 0.25) is 0 Å². The minimum Gasteiger partial charge on any atom is -0.496 e. The Bertz CT molecular complexity index is 492. The number of rotatable bonds is 3. The number of aryl methyl sites for hydroxylation is 1. The van der Waals surface area contributed by atoms with Gasteiger partial charge in [-0.3, -0.25) is 0 Å². The van der Waals surface area contributed by atoms with Gasteiger partial charge in [0, 0.05) is 18.8 Å². The van der Waals surface area contributed by atoms with Gasteiger partial charge in [-0.2, -0.15) is 0 Å². The number of benzene rings is 1. The second-order valence-electron chi connectivity index (χ2n) is 3.62. The summed E-state index contributed by atoms with van der Waals surface area (Å²) in [7, 11) is 3.54. The third-order valence-corrected chi connectivity index (χ3v) is 2.43. The van der Waals surface area contributed by atoms with Crippen LogP contribution >= 0.6 is 0 Å². The number of hydrogen-bond donors (Lipinski definition) is 1. The number of imidazole rings is 1. The van der Waals surface area contributed by atoms with E-state index in [9.17, 15) is 0 Å². The molecule has 4 nitrogen and oxygen atoms in total. The summed E-state index contributed by atoms with van der Waals surface area (Å²) < 4.78 is 7.17. The number of aliphatic hydroxyl groups is 1. The van der Waals surface area contributed by atoms with E-state index in [-0.39, 0.29) is 6.61 Å². The summed E-state index contributed by atoms with van der Waals surface area (Å²) in [6.07, 6.45) is 3.67. The fourth-order valence-corrected chi connectivity index (χ4v) is 1.60. The standard InChI is InChI=1S/C12H14N2O2/c1-14-6-11(13-8-14)10-4-3-9(7-15)5-12(10)16-2/h3-6,8,15H,7H2,1-2H3. The van der Waals surface area contributed by atoms with Crippen LogP contribution in [0.2, 0.25) is 0 Å². The molecular weight excluding hydrogens is 204 g/mol. The van der Waals surface area contributed by atoms with Crippen LogP contribution in [0, 0.1) is 0 Å². The van der Waals surface area contributed by atoms with Crippen molar-refractivity contribution in [2.24, 2.45) is 7.05 Å². The van der Waals surface area contributed by atoms with Crippen molar-refractivity contribution in [2.45, 2.75) is 6.61 Å². The lowest BCUT2D eigenvalue weighted by molar-refractivity contribution is 0.281. The lowest BCUT2D eigenvalue weighted by Gasteiger charge is -2.07. The molecule has 1 aromatic carbocycles. The first-order valence-electron chi connectivity index (χ1n) is 5.00. The van der Waals surface area contributed by atoms with E-state index in [2.05, 4.69) is 4.98 Å². The molecule has 16 heavy (non-hydrogen) atoms. The van der Waals surface area contributed by atoms with E-state index in [1.807, 2.05) is 36.0 Å². The van der Waals surface area contributed by atoms with Gasteiger partial charge in [0.25, 0.3) is 0 Å². The van der Waals surface area contributed by atoms with Crippen molar-refractivity contribution in [1.82, 2.24) is 9.55 Å². The number of ether oxygens (including phenoxy) is 1. The maximum Gasteiger partial charge on any atom is 0.128 e. The van der Waals surface area contributed by atoms with Crippen molar-refractivity contribution in [3.63, 3.8) is 0 Å². The molecule has 0 aliphatic carbocycles. The third kappa shape index (κ3) is 1.92. The summed E-state index contributed by atoms with van der Waals surface area (Å²) in [4.78, 5) is 4.27. The minimum absolute atomic E-state index is 0.0128. The van der Waals surface area contributed by atoms with Crippen LogP contribution in [0.1, 0.15) is 5.56 Å². The number of hydrogen-bond acceptors (Lipinski definition) is 3. The summed E-state index contributed by atoms with van der Waals surface area (Å²) in [5.74, 6) is 0.727. The zero-order chi connectivity index (χ0) is 11.5. The van der Waals surface area contributed by atoms with Crippen molar-refractivity contribution < 1.29 is 9.84 Å². The summed E-state index contributed by atoms with van der Waals surface area (Å²) in [5.41, 5.74) is 2.63. The highest BCUT2D eigenvalue weighted by atomic mass is 16.5.